The minimum Gasteiger partial charge on any atom is -0.322 e. The lowest BCUT2D eigenvalue weighted by Crippen LogP contribution is -2.33. The smallest absolute Gasteiger partial charge is 0.263 e. The molecule has 0 unspecified atom stereocenters. The molecule has 1 aliphatic rings. The number of benzene rings is 1. The van der Waals surface area contributed by atoms with Gasteiger partial charge in [-0.05, 0) is 6.07 Å². The molecule has 0 fully saturated rings. The van der Waals surface area contributed by atoms with Gasteiger partial charge in [0.15, 0.2) is 6.17 Å². The molecule has 0 radical (unpaired) electrons. The SMILES string of the molecule is N[C@H]1N=C(c2nccs2)c2ccccc2NC1=O. The molecular weight excluding hydrogens is 248 g/mol. The summed E-state index contributed by atoms with van der Waals surface area (Å²) in [6.07, 6.45) is 0.799. The van der Waals surface area contributed by atoms with Crippen molar-refractivity contribution in [2.24, 2.45) is 10.7 Å². The van der Waals surface area contributed by atoms with Crippen LogP contribution in [-0.4, -0.2) is 22.8 Å². The second-order valence-corrected chi connectivity index (χ2v) is 4.69. The van der Waals surface area contributed by atoms with Crippen molar-refractivity contribution in [3.8, 4) is 0 Å². The highest BCUT2D eigenvalue weighted by Gasteiger charge is 2.23. The van der Waals surface area contributed by atoms with Gasteiger partial charge in [0.2, 0.25) is 0 Å². The van der Waals surface area contributed by atoms with Gasteiger partial charge in [-0.1, -0.05) is 18.2 Å². The largest absolute Gasteiger partial charge is 0.322 e. The third-order valence-electron chi connectivity index (χ3n) is 2.61. The fourth-order valence-corrected chi connectivity index (χ4v) is 2.43. The fraction of sp³-hybridized carbons (Fsp3) is 0.0833. The Morgan fingerprint density at radius 3 is 2.94 bits per heavy atom. The molecule has 0 saturated carbocycles. The van der Waals surface area contributed by atoms with Crippen molar-refractivity contribution >= 4 is 28.6 Å². The number of fused-ring (bicyclic) bond motifs is 1. The van der Waals surface area contributed by atoms with Crippen LogP contribution < -0.4 is 11.1 Å². The third kappa shape index (κ3) is 1.81. The van der Waals surface area contributed by atoms with Crippen LogP contribution in [0.15, 0.2) is 40.8 Å². The summed E-state index contributed by atoms with van der Waals surface area (Å²) >= 11 is 1.47. The lowest BCUT2D eigenvalue weighted by Gasteiger charge is -2.06. The molecule has 1 amide bonds. The standard InChI is InChI=1S/C12H10N4OS/c13-10-11(17)15-8-4-2-1-3-7(8)9(16-10)12-14-5-6-18-12/h1-6,10H,13H2,(H,15,17)/t10-/m0/s1. The molecule has 3 N–H and O–H groups in total. The van der Waals surface area contributed by atoms with E-state index in [0.717, 1.165) is 10.6 Å². The molecule has 6 heteroatoms. The number of aromatic nitrogens is 1. The number of anilines is 1. The van der Waals surface area contributed by atoms with Crippen molar-refractivity contribution in [3.05, 3.63) is 46.4 Å². The molecule has 1 aromatic heterocycles. The van der Waals surface area contributed by atoms with E-state index in [1.54, 1.807) is 6.20 Å². The molecule has 0 spiro atoms. The summed E-state index contributed by atoms with van der Waals surface area (Å²) in [5.41, 5.74) is 7.94. The molecule has 1 aliphatic heterocycles. The van der Waals surface area contributed by atoms with Gasteiger partial charge in [0.05, 0.1) is 5.69 Å². The highest BCUT2D eigenvalue weighted by atomic mass is 32.1. The molecule has 2 aromatic rings. The first-order valence-corrected chi connectivity index (χ1v) is 6.27. The van der Waals surface area contributed by atoms with Crippen LogP contribution in [-0.2, 0) is 4.79 Å². The predicted octanol–water partition coefficient (Wildman–Crippen LogP) is 1.22. The number of para-hydroxylation sites is 1. The Kier molecular flexibility index (Phi) is 2.66. The monoisotopic (exact) mass is 258 g/mol. The number of carbonyl (C=O) groups is 1. The number of nitrogens with zero attached hydrogens (tertiary/aromatic N) is 2. The summed E-state index contributed by atoms with van der Waals surface area (Å²) in [7, 11) is 0. The van der Waals surface area contributed by atoms with Crippen LogP contribution in [0.25, 0.3) is 0 Å². The van der Waals surface area contributed by atoms with E-state index in [1.807, 2.05) is 29.6 Å². The van der Waals surface area contributed by atoms with Gasteiger partial charge in [-0.2, -0.15) is 0 Å². The van der Waals surface area contributed by atoms with Crippen LogP contribution in [0.2, 0.25) is 0 Å². The average Bonchev–Trinajstić information content (AvgIpc) is 2.86. The molecule has 1 aromatic carbocycles. The molecule has 3 rings (SSSR count). The van der Waals surface area contributed by atoms with E-state index in [4.69, 9.17) is 5.73 Å². The number of nitrogens with one attached hydrogen (secondary N) is 1. The van der Waals surface area contributed by atoms with E-state index in [1.165, 1.54) is 11.3 Å². The number of thiazole rings is 1. The normalized spacial score (nSPS) is 18.6. The molecule has 0 saturated heterocycles. The first-order valence-electron chi connectivity index (χ1n) is 5.39. The molecule has 2 heterocycles. The summed E-state index contributed by atoms with van der Waals surface area (Å²) < 4.78 is 0. The maximum atomic E-state index is 11.7. The zero-order chi connectivity index (χ0) is 12.5. The number of amides is 1. The Morgan fingerprint density at radius 2 is 2.17 bits per heavy atom. The van der Waals surface area contributed by atoms with Crippen LogP contribution in [0.5, 0.6) is 0 Å². The van der Waals surface area contributed by atoms with Crippen LogP contribution in [0.4, 0.5) is 5.69 Å². The van der Waals surface area contributed by atoms with E-state index in [-0.39, 0.29) is 5.91 Å². The summed E-state index contributed by atoms with van der Waals surface area (Å²) in [5, 5.41) is 5.39. The van der Waals surface area contributed by atoms with E-state index in [2.05, 4.69) is 15.3 Å². The number of carbonyl (C=O) groups excluding carboxylic acids is 1. The highest BCUT2D eigenvalue weighted by molar-refractivity contribution is 7.11. The zero-order valence-corrected chi connectivity index (χ0v) is 10.1. The van der Waals surface area contributed by atoms with Crippen molar-refractivity contribution in [1.82, 2.24) is 4.98 Å². The summed E-state index contributed by atoms with van der Waals surface area (Å²) in [4.78, 5) is 20.2. The van der Waals surface area contributed by atoms with Crippen molar-refractivity contribution in [3.63, 3.8) is 0 Å². The van der Waals surface area contributed by atoms with Gasteiger partial charge in [-0.3, -0.25) is 9.79 Å². The highest BCUT2D eigenvalue weighted by Crippen LogP contribution is 2.23. The molecule has 1 atom stereocenters. The number of nitrogens with two attached hydrogens (primary N) is 1. The Bertz CT molecular complexity index is 621. The number of rotatable bonds is 1. The summed E-state index contributed by atoms with van der Waals surface area (Å²) in [6, 6.07) is 7.47. The lowest BCUT2D eigenvalue weighted by atomic mass is 10.1. The Morgan fingerprint density at radius 1 is 1.33 bits per heavy atom. The maximum Gasteiger partial charge on any atom is 0.263 e. The quantitative estimate of drug-likeness (QED) is 0.807. The van der Waals surface area contributed by atoms with Crippen molar-refractivity contribution in [1.29, 1.82) is 0 Å². The van der Waals surface area contributed by atoms with E-state index in [9.17, 15) is 4.79 Å². The Balaban J connectivity index is 2.21. The third-order valence-corrected chi connectivity index (χ3v) is 3.39. The van der Waals surface area contributed by atoms with Gasteiger partial charge in [0.1, 0.15) is 10.7 Å². The van der Waals surface area contributed by atoms with Crippen molar-refractivity contribution in [2.45, 2.75) is 6.17 Å². The van der Waals surface area contributed by atoms with E-state index >= 15 is 0 Å². The summed E-state index contributed by atoms with van der Waals surface area (Å²) in [5.74, 6) is -0.311. The van der Waals surface area contributed by atoms with Gasteiger partial charge in [-0.25, -0.2) is 4.98 Å². The molecular formula is C12H10N4OS. The summed E-state index contributed by atoms with van der Waals surface area (Å²) in [6.45, 7) is 0. The molecule has 0 bridgehead atoms. The van der Waals surface area contributed by atoms with Crippen molar-refractivity contribution < 1.29 is 4.79 Å². The molecule has 90 valence electrons. The van der Waals surface area contributed by atoms with Gasteiger partial charge < -0.3 is 11.1 Å². The minimum absolute atomic E-state index is 0.311. The first kappa shape index (κ1) is 11.1. The number of hydrogen-bond donors (Lipinski definition) is 2. The Labute approximate surface area is 107 Å². The van der Waals surface area contributed by atoms with E-state index in [0.29, 0.717) is 11.4 Å². The second kappa shape index (κ2) is 4.32. The molecule has 0 aliphatic carbocycles. The number of aliphatic imine (C=N–C) groups is 1. The number of hydrogen-bond acceptors (Lipinski definition) is 5. The van der Waals surface area contributed by atoms with Crippen LogP contribution in [0, 0.1) is 0 Å². The Hall–Kier alpha value is -2.05. The topological polar surface area (TPSA) is 80.4 Å². The maximum absolute atomic E-state index is 11.7. The molecule has 18 heavy (non-hydrogen) atoms. The molecule has 5 nitrogen and oxygen atoms in total. The van der Waals surface area contributed by atoms with Crippen LogP contribution in [0.3, 0.4) is 0 Å². The van der Waals surface area contributed by atoms with Crippen LogP contribution in [0.1, 0.15) is 10.6 Å². The zero-order valence-electron chi connectivity index (χ0n) is 9.33. The van der Waals surface area contributed by atoms with Gasteiger partial charge >= 0.3 is 0 Å². The van der Waals surface area contributed by atoms with E-state index < -0.39 is 6.17 Å². The fourth-order valence-electron chi connectivity index (χ4n) is 1.78. The lowest BCUT2D eigenvalue weighted by molar-refractivity contribution is -0.117. The van der Waals surface area contributed by atoms with Gasteiger partial charge in [0, 0.05) is 17.1 Å². The van der Waals surface area contributed by atoms with Crippen LogP contribution >= 0.6 is 11.3 Å². The predicted molar refractivity (Wildman–Crippen MR) is 70.8 cm³/mol. The average molecular weight is 258 g/mol. The van der Waals surface area contributed by atoms with Crippen molar-refractivity contribution in [2.75, 3.05) is 5.32 Å². The number of benzodiazepines with no additional fused rings is 1. The minimum atomic E-state index is -0.906. The van der Waals surface area contributed by atoms with Gasteiger partial charge in [0.25, 0.3) is 5.91 Å². The second-order valence-electron chi connectivity index (χ2n) is 3.79. The van der Waals surface area contributed by atoms with Gasteiger partial charge in [-0.15, -0.1) is 11.3 Å². The first-order chi connectivity index (χ1) is 8.75.